The summed E-state index contributed by atoms with van der Waals surface area (Å²) in [7, 11) is 0. The van der Waals surface area contributed by atoms with Gasteiger partial charge in [0.25, 0.3) is 0 Å². The molecule has 31 heavy (non-hydrogen) atoms. The molecule has 0 atom stereocenters. The van der Waals surface area contributed by atoms with Crippen LogP contribution in [0.1, 0.15) is 34.0 Å². The van der Waals surface area contributed by atoms with Crippen LogP contribution in [0.3, 0.4) is 0 Å². The number of benzene rings is 3. The lowest BCUT2D eigenvalue weighted by Crippen LogP contribution is -2.13. The van der Waals surface area contributed by atoms with Crippen LogP contribution in [0.25, 0.3) is 0 Å². The molecular weight excluding hydrogens is 482 g/mol. The van der Waals surface area contributed by atoms with Gasteiger partial charge in [0.15, 0.2) is 11.5 Å². The van der Waals surface area contributed by atoms with E-state index in [-0.39, 0.29) is 18.0 Å². The number of carbonyl (C=O) groups is 1. The molecule has 0 unspecified atom stereocenters. The van der Waals surface area contributed by atoms with E-state index in [1.807, 2.05) is 61.5 Å². The van der Waals surface area contributed by atoms with E-state index < -0.39 is 5.97 Å². The predicted octanol–water partition coefficient (Wildman–Crippen LogP) is 5.84. The van der Waals surface area contributed by atoms with Crippen molar-refractivity contribution in [1.29, 1.82) is 0 Å². The Hall–Kier alpha value is -2.54. The summed E-state index contributed by atoms with van der Waals surface area (Å²) in [6.45, 7) is 4.22. The summed E-state index contributed by atoms with van der Waals surface area (Å²) in [5.74, 6) is 0.469. The maximum atomic E-state index is 10.9. The smallest absolute Gasteiger partial charge is 0.335 e. The topological polar surface area (TPSA) is 67.8 Å². The van der Waals surface area contributed by atoms with E-state index in [0.717, 1.165) is 21.2 Å². The second kappa shape index (κ2) is 12.3. The maximum Gasteiger partial charge on any atom is 0.335 e. The molecule has 7 heteroatoms. The first-order valence-corrected chi connectivity index (χ1v) is 10.5. The Balaban J connectivity index is 0.00000341. The first-order valence-electron chi connectivity index (χ1n) is 9.71. The van der Waals surface area contributed by atoms with Crippen molar-refractivity contribution in [2.75, 3.05) is 6.61 Å². The molecule has 0 aliphatic rings. The summed E-state index contributed by atoms with van der Waals surface area (Å²) >= 11 is 3.61. The number of rotatable bonds is 10. The molecule has 0 aromatic heterocycles. The largest absolute Gasteiger partial charge is 0.490 e. The zero-order valence-electron chi connectivity index (χ0n) is 17.1. The number of hydrogen-bond acceptors (Lipinski definition) is 4. The van der Waals surface area contributed by atoms with Crippen molar-refractivity contribution in [1.82, 2.24) is 5.32 Å². The molecule has 3 aromatic rings. The van der Waals surface area contributed by atoms with Crippen molar-refractivity contribution >= 4 is 34.3 Å². The van der Waals surface area contributed by atoms with Gasteiger partial charge in [0, 0.05) is 13.1 Å². The van der Waals surface area contributed by atoms with Gasteiger partial charge in [-0.05, 0) is 63.8 Å². The molecule has 0 saturated carbocycles. The van der Waals surface area contributed by atoms with E-state index in [1.54, 1.807) is 12.1 Å². The van der Waals surface area contributed by atoms with E-state index in [1.165, 1.54) is 0 Å². The second-order valence-electron chi connectivity index (χ2n) is 6.72. The highest BCUT2D eigenvalue weighted by Crippen LogP contribution is 2.37. The predicted molar refractivity (Wildman–Crippen MR) is 127 cm³/mol. The Bertz CT molecular complexity index is 981. The summed E-state index contributed by atoms with van der Waals surface area (Å²) in [5, 5.41) is 12.4. The molecule has 3 aromatic carbocycles. The summed E-state index contributed by atoms with van der Waals surface area (Å²) in [6, 6.07) is 20.9. The van der Waals surface area contributed by atoms with Crippen molar-refractivity contribution in [2.24, 2.45) is 0 Å². The summed E-state index contributed by atoms with van der Waals surface area (Å²) < 4.78 is 12.7. The third kappa shape index (κ3) is 7.28. The number of hydrogen-bond donors (Lipinski definition) is 2. The molecule has 3 rings (SSSR count). The fraction of sp³-hybridized carbons (Fsp3) is 0.208. The molecule has 164 valence electrons. The van der Waals surface area contributed by atoms with Gasteiger partial charge in [-0.2, -0.15) is 0 Å². The average molecular weight is 507 g/mol. The van der Waals surface area contributed by atoms with E-state index >= 15 is 0 Å². The zero-order chi connectivity index (χ0) is 21.3. The zero-order valence-corrected chi connectivity index (χ0v) is 19.5. The van der Waals surface area contributed by atoms with Crippen LogP contribution in [-0.4, -0.2) is 17.7 Å². The van der Waals surface area contributed by atoms with E-state index in [9.17, 15) is 4.79 Å². The quantitative estimate of drug-likeness (QED) is 0.362. The van der Waals surface area contributed by atoms with Crippen LogP contribution >= 0.6 is 28.3 Å². The fourth-order valence-electron chi connectivity index (χ4n) is 2.97. The van der Waals surface area contributed by atoms with Crippen molar-refractivity contribution < 1.29 is 19.4 Å². The average Bonchev–Trinajstić information content (AvgIpc) is 2.74. The van der Waals surface area contributed by atoms with Gasteiger partial charge >= 0.3 is 5.97 Å². The second-order valence-corrected chi connectivity index (χ2v) is 7.57. The Morgan fingerprint density at radius 2 is 1.61 bits per heavy atom. The number of carboxylic acid groups (broad SMARTS) is 1. The SMILES string of the molecule is CCOc1cc(CNCc2ccc(C(=O)O)cc2)cc(Br)c1OCc1ccccc1.Cl. The number of ether oxygens (including phenoxy) is 2. The molecule has 5 nitrogen and oxygen atoms in total. The van der Waals surface area contributed by atoms with E-state index in [2.05, 4.69) is 21.2 Å². The number of carboxylic acids is 1. The lowest BCUT2D eigenvalue weighted by molar-refractivity contribution is 0.0697. The van der Waals surface area contributed by atoms with Crippen molar-refractivity contribution in [3.63, 3.8) is 0 Å². The Kier molecular flexibility index (Phi) is 9.85. The molecule has 0 bridgehead atoms. The highest BCUT2D eigenvalue weighted by atomic mass is 79.9. The molecule has 0 aliphatic carbocycles. The summed E-state index contributed by atoms with van der Waals surface area (Å²) in [4.78, 5) is 10.9. The fourth-order valence-corrected chi connectivity index (χ4v) is 3.58. The molecule has 0 amide bonds. The molecule has 0 saturated heterocycles. The minimum absolute atomic E-state index is 0. The molecular formula is C24H25BrClNO4. The van der Waals surface area contributed by atoms with E-state index in [0.29, 0.717) is 37.8 Å². The van der Waals surface area contributed by atoms with Gasteiger partial charge in [0.1, 0.15) is 6.61 Å². The third-order valence-electron chi connectivity index (χ3n) is 4.45. The highest BCUT2D eigenvalue weighted by Gasteiger charge is 2.13. The molecule has 0 aliphatic heterocycles. The van der Waals surface area contributed by atoms with Crippen LogP contribution in [0.2, 0.25) is 0 Å². The van der Waals surface area contributed by atoms with E-state index in [4.69, 9.17) is 14.6 Å². The van der Waals surface area contributed by atoms with Gasteiger partial charge in [-0.3, -0.25) is 0 Å². The number of nitrogens with one attached hydrogen (secondary N) is 1. The van der Waals surface area contributed by atoms with Crippen LogP contribution < -0.4 is 14.8 Å². The first-order chi connectivity index (χ1) is 14.6. The van der Waals surface area contributed by atoms with Crippen molar-refractivity contribution in [3.8, 4) is 11.5 Å². The van der Waals surface area contributed by atoms with Crippen LogP contribution in [0.5, 0.6) is 11.5 Å². The number of halogens is 2. The maximum absolute atomic E-state index is 10.9. The minimum atomic E-state index is -0.919. The third-order valence-corrected chi connectivity index (χ3v) is 5.04. The molecule has 2 N–H and O–H groups in total. The van der Waals surface area contributed by atoms with Crippen LogP contribution in [0.15, 0.2) is 71.2 Å². The lowest BCUT2D eigenvalue weighted by Gasteiger charge is -2.16. The van der Waals surface area contributed by atoms with Crippen LogP contribution in [0.4, 0.5) is 0 Å². The first kappa shape index (κ1) is 24.7. The molecule has 0 radical (unpaired) electrons. The van der Waals surface area contributed by atoms with Crippen molar-refractivity contribution in [2.45, 2.75) is 26.6 Å². The normalized spacial score (nSPS) is 10.3. The standard InChI is InChI=1S/C24H24BrNO4.ClH/c1-2-29-22-13-19(15-26-14-17-8-10-20(11-9-17)24(27)28)12-21(25)23(22)30-16-18-6-4-3-5-7-18;/h3-13,26H,2,14-16H2,1H3,(H,27,28);1H. The molecule has 0 fully saturated rings. The molecule has 0 heterocycles. The Morgan fingerprint density at radius 3 is 2.26 bits per heavy atom. The van der Waals surface area contributed by atoms with Gasteiger partial charge in [-0.25, -0.2) is 4.79 Å². The number of aromatic carboxylic acids is 1. The lowest BCUT2D eigenvalue weighted by atomic mass is 10.1. The van der Waals surface area contributed by atoms with Crippen molar-refractivity contribution in [3.05, 3.63) is 93.5 Å². The summed E-state index contributed by atoms with van der Waals surface area (Å²) in [6.07, 6.45) is 0. The molecule has 0 spiro atoms. The van der Waals surface area contributed by atoms with Gasteiger partial charge in [-0.1, -0.05) is 42.5 Å². The monoisotopic (exact) mass is 505 g/mol. The van der Waals surface area contributed by atoms with Gasteiger partial charge in [0.05, 0.1) is 16.6 Å². The summed E-state index contributed by atoms with van der Waals surface area (Å²) in [5.41, 5.74) is 3.45. The minimum Gasteiger partial charge on any atom is -0.490 e. The Labute approximate surface area is 196 Å². The van der Waals surface area contributed by atoms with Gasteiger partial charge in [0.2, 0.25) is 0 Å². The highest BCUT2D eigenvalue weighted by molar-refractivity contribution is 9.10. The van der Waals surface area contributed by atoms with Crippen LogP contribution in [-0.2, 0) is 19.7 Å². The van der Waals surface area contributed by atoms with Gasteiger partial charge in [-0.15, -0.1) is 12.4 Å². The van der Waals surface area contributed by atoms with Crippen LogP contribution in [0, 0.1) is 0 Å². The van der Waals surface area contributed by atoms with Gasteiger partial charge < -0.3 is 19.9 Å². The Morgan fingerprint density at radius 1 is 0.935 bits per heavy atom.